The van der Waals surface area contributed by atoms with Crippen molar-refractivity contribution in [1.29, 1.82) is 5.26 Å². The van der Waals surface area contributed by atoms with E-state index in [9.17, 15) is 14.6 Å². The van der Waals surface area contributed by atoms with E-state index in [-0.39, 0.29) is 21.6 Å². The number of carbonyl (C=O) groups excluding carboxylic acids is 1. The number of anilines is 3. The summed E-state index contributed by atoms with van der Waals surface area (Å²) in [5, 5.41) is 9.40. The predicted molar refractivity (Wildman–Crippen MR) is 138 cm³/mol. The first-order valence-electron chi connectivity index (χ1n) is 11.2. The fourth-order valence-corrected chi connectivity index (χ4v) is 5.82. The van der Waals surface area contributed by atoms with Gasteiger partial charge in [-0.15, -0.1) is 0 Å². The van der Waals surface area contributed by atoms with E-state index in [0.29, 0.717) is 35.5 Å². The minimum Gasteiger partial charge on any atom is -0.588 e. The monoisotopic (exact) mass is 520 g/mol. The Bertz CT molecular complexity index is 1420. The maximum atomic E-state index is 15.2. The molecule has 1 aromatic carbocycles. The highest BCUT2D eigenvalue weighted by molar-refractivity contribution is 7.92. The average molecular weight is 521 g/mol. The molecule has 1 unspecified atom stereocenters. The minimum atomic E-state index is -1.86. The number of nitriles is 1. The lowest BCUT2D eigenvalue weighted by molar-refractivity contribution is -0.123. The number of aryl methyl sites for hydroxylation is 2. The summed E-state index contributed by atoms with van der Waals surface area (Å²) in [6, 6.07) is 11.5. The number of hydrogen-bond acceptors (Lipinski definition) is 7. The SMILES string of the molecule is Cc1ccc(N[S+]([O-])c2ccc(N3C(=S)N(c4cnc(C#N)c(C)c4)C(=O)C34CCC4)cc2F)cn1. The van der Waals surface area contributed by atoms with Gasteiger partial charge in [-0.2, -0.15) is 5.26 Å². The van der Waals surface area contributed by atoms with Gasteiger partial charge in [-0.3, -0.25) is 14.7 Å². The van der Waals surface area contributed by atoms with Gasteiger partial charge in [0.05, 0.1) is 18.1 Å². The summed E-state index contributed by atoms with van der Waals surface area (Å²) in [5.74, 6) is -0.885. The summed E-state index contributed by atoms with van der Waals surface area (Å²) >= 11 is 3.86. The van der Waals surface area contributed by atoms with Crippen molar-refractivity contribution in [1.82, 2.24) is 9.97 Å². The van der Waals surface area contributed by atoms with Crippen molar-refractivity contribution in [3.8, 4) is 6.07 Å². The Balaban J connectivity index is 1.46. The molecule has 1 aliphatic carbocycles. The van der Waals surface area contributed by atoms with Gasteiger partial charge in [0.2, 0.25) is 4.90 Å². The molecule has 0 bridgehead atoms. The fourth-order valence-electron chi connectivity index (χ4n) is 4.48. The van der Waals surface area contributed by atoms with Crippen LogP contribution in [0, 0.1) is 31.0 Å². The quantitative estimate of drug-likeness (QED) is 0.392. The smallest absolute Gasteiger partial charge is 0.259 e. The van der Waals surface area contributed by atoms with E-state index in [4.69, 9.17) is 12.2 Å². The Kier molecular flexibility index (Phi) is 6.12. The van der Waals surface area contributed by atoms with Crippen LogP contribution in [-0.2, 0) is 16.2 Å². The standard InChI is InChI=1S/C25H21FN6O2S2/c1-15-10-19(14-29-21(15)12-27)31-23(33)25(8-3-9-25)32(24(31)35)18-6-7-22(20(26)11-18)36(34)30-17-5-4-16(2)28-13-17/h4-7,10-11,13-14,30H,3,8-9H2,1-2H3. The summed E-state index contributed by atoms with van der Waals surface area (Å²) in [6.07, 6.45) is 4.96. The van der Waals surface area contributed by atoms with Crippen LogP contribution in [0.2, 0.25) is 0 Å². The first-order chi connectivity index (χ1) is 17.2. The third-order valence-electron chi connectivity index (χ3n) is 6.52. The summed E-state index contributed by atoms with van der Waals surface area (Å²) in [7, 11) is 0. The molecule has 36 heavy (non-hydrogen) atoms. The number of rotatable bonds is 5. The molecule has 1 atom stereocenters. The molecule has 3 heterocycles. The molecule has 8 nitrogen and oxygen atoms in total. The number of benzene rings is 1. The minimum absolute atomic E-state index is 0.0257. The Hall–Kier alpha value is -3.59. The van der Waals surface area contributed by atoms with Crippen LogP contribution in [-0.4, -0.2) is 31.1 Å². The summed E-state index contributed by atoms with van der Waals surface area (Å²) in [4.78, 5) is 25.0. The van der Waals surface area contributed by atoms with Gasteiger partial charge in [-0.1, -0.05) is 0 Å². The van der Waals surface area contributed by atoms with Crippen molar-refractivity contribution in [2.24, 2.45) is 0 Å². The first kappa shape index (κ1) is 24.1. The normalized spacial score (nSPS) is 17.2. The molecule has 1 N–H and O–H groups in total. The van der Waals surface area contributed by atoms with Crippen LogP contribution in [0.25, 0.3) is 0 Å². The molecule has 2 aromatic heterocycles. The Morgan fingerprint density at radius 1 is 1.17 bits per heavy atom. The lowest BCUT2D eigenvalue weighted by atomic mass is 9.75. The van der Waals surface area contributed by atoms with Gasteiger partial charge >= 0.3 is 0 Å². The van der Waals surface area contributed by atoms with Gasteiger partial charge in [0.1, 0.15) is 34.4 Å². The van der Waals surface area contributed by atoms with Gasteiger partial charge in [-0.25, -0.2) is 14.1 Å². The fraction of sp³-hybridized carbons (Fsp3) is 0.240. The maximum absolute atomic E-state index is 15.2. The molecule has 1 spiro atoms. The maximum Gasteiger partial charge on any atom is 0.259 e. The number of halogens is 1. The third-order valence-corrected chi connectivity index (χ3v) is 8.03. The van der Waals surface area contributed by atoms with Gasteiger partial charge in [0.25, 0.3) is 5.91 Å². The second-order valence-corrected chi connectivity index (χ2v) is 10.3. The van der Waals surface area contributed by atoms with Gasteiger partial charge in [0.15, 0.2) is 10.9 Å². The number of aromatic nitrogens is 2. The molecule has 11 heteroatoms. The van der Waals surface area contributed by atoms with Gasteiger partial charge in [-0.05, 0) is 75.2 Å². The van der Waals surface area contributed by atoms with Crippen molar-refractivity contribution in [2.75, 3.05) is 14.5 Å². The van der Waals surface area contributed by atoms with Gasteiger partial charge < -0.3 is 9.45 Å². The summed E-state index contributed by atoms with van der Waals surface area (Å²) in [5.41, 5.74) is 2.17. The number of thiocarbonyl (C=S) groups is 1. The van der Waals surface area contributed by atoms with Gasteiger partial charge in [0, 0.05) is 23.5 Å². The molecule has 2 aliphatic rings. The summed E-state index contributed by atoms with van der Waals surface area (Å²) < 4.78 is 30.8. The average Bonchev–Trinajstić information content (AvgIpc) is 3.07. The van der Waals surface area contributed by atoms with Crippen molar-refractivity contribution in [3.05, 3.63) is 71.6 Å². The Morgan fingerprint density at radius 3 is 2.53 bits per heavy atom. The Morgan fingerprint density at radius 2 is 1.94 bits per heavy atom. The van der Waals surface area contributed by atoms with Crippen LogP contribution in [0.4, 0.5) is 21.5 Å². The molecule has 0 radical (unpaired) electrons. The van der Waals surface area contributed by atoms with Crippen LogP contribution in [0.15, 0.2) is 53.7 Å². The number of carbonyl (C=O) groups is 1. The highest BCUT2D eigenvalue weighted by atomic mass is 32.2. The van der Waals surface area contributed by atoms with Crippen molar-refractivity contribution in [3.63, 3.8) is 0 Å². The zero-order chi connectivity index (χ0) is 25.6. The van der Waals surface area contributed by atoms with E-state index in [1.165, 1.54) is 29.4 Å². The lowest BCUT2D eigenvalue weighted by Crippen LogP contribution is -2.55. The van der Waals surface area contributed by atoms with Crippen LogP contribution >= 0.6 is 12.2 Å². The molecule has 1 saturated heterocycles. The molecule has 1 amide bonds. The molecule has 1 saturated carbocycles. The van der Waals surface area contributed by atoms with E-state index in [2.05, 4.69) is 14.7 Å². The number of amides is 1. The first-order valence-corrected chi connectivity index (χ1v) is 12.8. The molecule has 1 aliphatic heterocycles. The van der Waals surface area contributed by atoms with Crippen LogP contribution in [0.1, 0.15) is 36.2 Å². The zero-order valence-electron chi connectivity index (χ0n) is 19.5. The highest BCUT2D eigenvalue weighted by Gasteiger charge is 2.59. The van der Waals surface area contributed by atoms with Crippen LogP contribution in [0.5, 0.6) is 0 Å². The van der Waals surface area contributed by atoms with E-state index in [0.717, 1.165) is 12.1 Å². The third kappa shape index (κ3) is 3.87. The number of hydrogen-bond donors (Lipinski definition) is 1. The van der Waals surface area contributed by atoms with Crippen LogP contribution < -0.4 is 14.5 Å². The molecule has 182 valence electrons. The highest BCUT2D eigenvalue weighted by Crippen LogP contribution is 2.48. The lowest BCUT2D eigenvalue weighted by Gasteiger charge is -2.43. The molecular weight excluding hydrogens is 499 g/mol. The van der Waals surface area contributed by atoms with E-state index in [1.807, 2.05) is 13.0 Å². The number of nitrogens with zero attached hydrogens (tertiary/aromatic N) is 5. The van der Waals surface area contributed by atoms with Crippen molar-refractivity contribution < 1.29 is 13.7 Å². The van der Waals surface area contributed by atoms with E-state index >= 15 is 4.39 Å². The largest absolute Gasteiger partial charge is 0.588 e. The number of pyridine rings is 2. The topological polar surface area (TPSA) is 108 Å². The summed E-state index contributed by atoms with van der Waals surface area (Å²) in [6.45, 7) is 3.58. The van der Waals surface area contributed by atoms with E-state index in [1.54, 1.807) is 36.1 Å². The molecule has 5 rings (SSSR count). The Labute approximate surface area is 216 Å². The molecule has 3 aromatic rings. The van der Waals surface area contributed by atoms with Crippen molar-refractivity contribution >= 4 is 51.7 Å². The number of nitrogens with one attached hydrogen (secondary N) is 1. The molecular formula is C25H21FN6O2S2. The van der Waals surface area contributed by atoms with Crippen LogP contribution in [0.3, 0.4) is 0 Å². The zero-order valence-corrected chi connectivity index (χ0v) is 21.1. The van der Waals surface area contributed by atoms with E-state index < -0.39 is 22.7 Å². The van der Waals surface area contributed by atoms with Crippen molar-refractivity contribution in [2.45, 2.75) is 43.5 Å². The predicted octanol–water partition coefficient (Wildman–Crippen LogP) is 4.30. The molecule has 2 fully saturated rings. The second-order valence-electron chi connectivity index (χ2n) is 8.79. The second kappa shape index (κ2) is 9.13.